The Kier molecular flexibility index (Phi) is 14.0. The van der Waals surface area contributed by atoms with E-state index in [2.05, 4.69) is 11.6 Å². The zero-order valence-corrected chi connectivity index (χ0v) is 18.4. The Morgan fingerprint density at radius 1 is 1.11 bits per heavy atom. The molecule has 3 nitrogen and oxygen atoms in total. The van der Waals surface area contributed by atoms with Gasteiger partial charge >= 0.3 is 0 Å². The molecule has 2 rings (SSSR count). The molecule has 0 atom stereocenters. The lowest BCUT2D eigenvalue weighted by molar-refractivity contribution is -0.115. The largest absolute Gasteiger partial charge is 0.369 e. The van der Waals surface area contributed by atoms with Crippen molar-refractivity contribution in [2.75, 3.05) is 5.75 Å². The molecular formula is C24H32N2OS. The van der Waals surface area contributed by atoms with Gasteiger partial charge in [0.15, 0.2) is 0 Å². The van der Waals surface area contributed by atoms with E-state index in [9.17, 15) is 4.79 Å². The highest BCUT2D eigenvalue weighted by Gasteiger charge is 2.08. The molecule has 0 radical (unpaired) electrons. The highest BCUT2D eigenvalue weighted by molar-refractivity contribution is 7.99. The van der Waals surface area contributed by atoms with Gasteiger partial charge in [0.05, 0.1) is 16.5 Å². The van der Waals surface area contributed by atoms with Crippen LogP contribution in [0.5, 0.6) is 0 Å². The third-order valence-electron chi connectivity index (χ3n) is 3.21. The molecule has 150 valence electrons. The van der Waals surface area contributed by atoms with Crippen molar-refractivity contribution < 1.29 is 4.79 Å². The second-order valence-corrected chi connectivity index (χ2v) is 6.11. The lowest BCUT2D eigenvalue weighted by Gasteiger charge is -2.09. The van der Waals surface area contributed by atoms with Gasteiger partial charge in [-0.25, -0.2) is 4.98 Å². The zero-order valence-electron chi connectivity index (χ0n) is 17.6. The Morgan fingerprint density at radius 2 is 1.75 bits per heavy atom. The molecule has 0 aliphatic carbocycles. The van der Waals surface area contributed by atoms with E-state index in [-0.39, 0.29) is 11.7 Å². The molecule has 1 aromatic heterocycles. The maximum Gasteiger partial charge on any atom is 0.227 e. The highest BCUT2D eigenvalue weighted by atomic mass is 32.2. The summed E-state index contributed by atoms with van der Waals surface area (Å²) in [6.45, 7) is 14.1. The first kappa shape index (κ1) is 25.4. The number of benzene rings is 1. The molecule has 1 aromatic carbocycles. The molecular weight excluding hydrogens is 364 g/mol. The lowest BCUT2D eigenvalue weighted by atomic mass is 10.0. The van der Waals surface area contributed by atoms with Gasteiger partial charge in [0.2, 0.25) is 5.91 Å². The van der Waals surface area contributed by atoms with E-state index in [4.69, 9.17) is 5.73 Å². The molecule has 0 bridgehead atoms. The van der Waals surface area contributed by atoms with Crippen LogP contribution < -0.4 is 5.73 Å². The normalized spacial score (nSPS) is 10.0. The van der Waals surface area contributed by atoms with E-state index in [0.717, 1.165) is 27.4 Å². The summed E-state index contributed by atoms with van der Waals surface area (Å²) < 4.78 is 0. The Bertz CT molecular complexity index is 780. The molecule has 0 spiro atoms. The van der Waals surface area contributed by atoms with Crippen LogP contribution in [0.3, 0.4) is 0 Å². The van der Waals surface area contributed by atoms with Gasteiger partial charge in [-0.05, 0) is 30.2 Å². The van der Waals surface area contributed by atoms with Gasteiger partial charge in [0.1, 0.15) is 0 Å². The molecule has 0 unspecified atom stereocenters. The fourth-order valence-electron chi connectivity index (χ4n) is 2.05. The number of amides is 1. The molecule has 2 aromatic rings. The Balaban J connectivity index is 0.00000171. The number of hydrogen-bond acceptors (Lipinski definition) is 3. The van der Waals surface area contributed by atoms with Gasteiger partial charge in [0.25, 0.3) is 0 Å². The van der Waals surface area contributed by atoms with Crippen LogP contribution in [0.25, 0.3) is 16.8 Å². The smallest absolute Gasteiger partial charge is 0.227 e. The average Bonchev–Trinajstić information content (AvgIpc) is 2.75. The van der Waals surface area contributed by atoms with Gasteiger partial charge in [-0.3, -0.25) is 4.79 Å². The number of pyridine rings is 1. The van der Waals surface area contributed by atoms with Crippen molar-refractivity contribution in [3.8, 4) is 11.3 Å². The lowest BCUT2D eigenvalue weighted by Crippen LogP contribution is -2.13. The summed E-state index contributed by atoms with van der Waals surface area (Å²) in [6.07, 6.45) is 7.81. The fraction of sp³-hybridized carbons (Fsp3) is 0.250. The number of nitrogens with two attached hydrogens (primary N) is 1. The summed E-state index contributed by atoms with van der Waals surface area (Å²) in [5, 5.41) is 0.755. The van der Waals surface area contributed by atoms with Crippen LogP contribution in [0.15, 0.2) is 78.4 Å². The minimum atomic E-state index is -0.361. The molecule has 0 saturated carbocycles. The highest BCUT2D eigenvalue weighted by Crippen LogP contribution is 2.27. The molecule has 4 heteroatoms. The number of carbonyl (C=O) groups is 1. The summed E-state index contributed by atoms with van der Waals surface area (Å²) in [4.78, 5) is 15.7. The van der Waals surface area contributed by atoms with Crippen LogP contribution in [0.4, 0.5) is 0 Å². The third-order valence-corrected chi connectivity index (χ3v) is 4.14. The van der Waals surface area contributed by atoms with Gasteiger partial charge in [0, 0.05) is 5.56 Å². The summed E-state index contributed by atoms with van der Waals surface area (Å²) in [5.41, 5.74) is 8.96. The van der Waals surface area contributed by atoms with E-state index < -0.39 is 0 Å². The number of aromatic nitrogens is 1. The molecule has 0 fully saturated rings. The first-order valence-corrected chi connectivity index (χ1v) is 10.6. The monoisotopic (exact) mass is 396 g/mol. The maximum atomic E-state index is 11.1. The molecule has 0 aliphatic heterocycles. The topological polar surface area (TPSA) is 56.0 Å². The summed E-state index contributed by atoms with van der Waals surface area (Å²) in [5.74, 6) is -0.161. The number of carbonyl (C=O) groups excluding carboxylic acids is 1. The molecule has 1 amide bonds. The second kappa shape index (κ2) is 15.5. The minimum Gasteiger partial charge on any atom is -0.369 e. The van der Waals surface area contributed by atoms with Crippen LogP contribution in [-0.4, -0.2) is 16.6 Å². The minimum absolute atomic E-state index is 0.200. The van der Waals surface area contributed by atoms with Crippen LogP contribution in [0.2, 0.25) is 0 Å². The number of primary amides is 1. The quantitative estimate of drug-likeness (QED) is 0.428. The van der Waals surface area contributed by atoms with E-state index in [1.807, 2.05) is 101 Å². The SMILES string of the molecule is C=C(/C=C\C=C/C)c1cc(SCC(N)=O)nc(-c2ccccc2)c1.CC.CC. The number of hydrogen-bond donors (Lipinski definition) is 1. The first-order valence-electron chi connectivity index (χ1n) is 9.57. The van der Waals surface area contributed by atoms with Gasteiger partial charge in [-0.2, -0.15) is 0 Å². The van der Waals surface area contributed by atoms with Crippen LogP contribution in [0, 0.1) is 0 Å². The maximum absolute atomic E-state index is 11.1. The van der Waals surface area contributed by atoms with Crippen LogP contribution in [-0.2, 0) is 4.79 Å². The molecule has 1 heterocycles. The van der Waals surface area contributed by atoms with Crippen molar-refractivity contribution in [1.82, 2.24) is 4.98 Å². The molecule has 0 aliphatic rings. The predicted octanol–water partition coefficient (Wildman–Crippen LogP) is 6.52. The predicted molar refractivity (Wildman–Crippen MR) is 125 cm³/mol. The van der Waals surface area contributed by atoms with Gasteiger partial charge in [-0.1, -0.05) is 101 Å². The summed E-state index contributed by atoms with van der Waals surface area (Å²) >= 11 is 1.33. The van der Waals surface area contributed by atoms with E-state index in [1.54, 1.807) is 0 Å². The number of rotatable bonds is 7. The van der Waals surface area contributed by atoms with Crippen molar-refractivity contribution in [3.63, 3.8) is 0 Å². The second-order valence-electron chi connectivity index (χ2n) is 5.11. The number of nitrogens with zero attached hydrogens (tertiary/aromatic N) is 1. The standard InChI is InChI=1S/C20H20N2OS.2C2H6/c1-3-4-6-9-15(2)17-12-18(16-10-7-5-8-11-16)22-20(13-17)24-14-19(21)23;2*1-2/h3-13H,2,14H2,1H3,(H2,21,23);2*1-2H3/b4-3-,9-6-;;. The van der Waals surface area contributed by atoms with Gasteiger partial charge in [-0.15, -0.1) is 0 Å². The first-order chi connectivity index (χ1) is 13.6. The molecule has 2 N–H and O–H groups in total. The van der Waals surface area contributed by atoms with E-state index in [1.165, 1.54) is 11.8 Å². The summed E-state index contributed by atoms with van der Waals surface area (Å²) in [7, 11) is 0. The summed E-state index contributed by atoms with van der Waals surface area (Å²) in [6, 6.07) is 13.9. The number of allylic oxidation sites excluding steroid dienone is 5. The van der Waals surface area contributed by atoms with E-state index in [0.29, 0.717) is 0 Å². The van der Waals surface area contributed by atoms with Gasteiger partial charge < -0.3 is 5.73 Å². The zero-order chi connectivity index (χ0) is 21.4. The fourth-order valence-corrected chi connectivity index (χ4v) is 2.71. The average molecular weight is 397 g/mol. The van der Waals surface area contributed by atoms with Crippen molar-refractivity contribution in [2.45, 2.75) is 39.6 Å². The van der Waals surface area contributed by atoms with Crippen molar-refractivity contribution >= 4 is 23.2 Å². The van der Waals surface area contributed by atoms with Crippen LogP contribution >= 0.6 is 11.8 Å². The Morgan fingerprint density at radius 3 is 2.32 bits per heavy atom. The van der Waals surface area contributed by atoms with Crippen LogP contribution in [0.1, 0.15) is 40.2 Å². The Labute approximate surface area is 174 Å². The van der Waals surface area contributed by atoms with E-state index >= 15 is 0 Å². The van der Waals surface area contributed by atoms with Crippen molar-refractivity contribution in [1.29, 1.82) is 0 Å². The Hall–Kier alpha value is -2.59. The van der Waals surface area contributed by atoms with Crippen molar-refractivity contribution in [3.05, 3.63) is 78.9 Å². The molecule has 0 saturated heterocycles. The van der Waals surface area contributed by atoms with Crippen molar-refractivity contribution in [2.24, 2.45) is 5.73 Å². The number of thioether (sulfide) groups is 1. The molecule has 28 heavy (non-hydrogen) atoms. The third kappa shape index (κ3) is 9.38.